The number of nitrogens with zero attached hydrogens (tertiary/aromatic N) is 1. The van der Waals surface area contributed by atoms with Crippen LogP contribution >= 0.6 is 0 Å². The largest absolute Gasteiger partial charge is 0.315 e. The molecule has 0 bridgehead atoms. The number of nitrogens with one attached hydrogen (secondary N) is 2. The molecule has 3 rings (SSSR count). The SMILES string of the molecule is C[C@H](CNCCc1cccc(F)c1)NS(=O)(=O)c1ccc2cnccc2c1. The van der Waals surface area contributed by atoms with Gasteiger partial charge in [-0.05, 0) is 61.2 Å². The molecule has 0 saturated heterocycles. The molecule has 5 nitrogen and oxygen atoms in total. The first-order chi connectivity index (χ1) is 12.9. The fourth-order valence-electron chi connectivity index (χ4n) is 2.85. The van der Waals surface area contributed by atoms with Crippen LogP contribution in [0.1, 0.15) is 12.5 Å². The molecule has 0 aliphatic heterocycles. The van der Waals surface area contributed by atoms with E-state index in [0.717, 1.165) is 16.3 Å². The van der Waals surface area contributed by atoms with Gasteiger partial charge in [-0.2, -0.15) is 0 Å². The summed E-state index contributed by atoms with van der Waals surface area (Å²) in [6, 6.07) is 12.9. The molecule has 0 fully saturated rings. The van der Waals surface area contributed by atoms with Crippen molar-refractivity contribution in [2.45, 2.75) is 24.3 Å². The highest BCUT2D eigenvalue weighted by Gasteiger charge is 2.17. The molecular formula is C20H22FN3O2S. The first kappa shape index (κ1) is 19.4. The zero-order valence-corrected chi connectivity index (χ0v) is 15.8. The summed E-state index contributed by atoms with van der Waals surface area (Å²) < 4.78 is 41.0. The molecule has 0 aliphatic carbocycles. The van der Waals surface area contributed by atoms with Gasteiger partial charge in [0.25, 0.3) is 0 Å². The summed E-state index contributed by atoms with van der Waals surface area (Å²) in [6.45, 7) is 2.92. The molecule has 0 saturated carbocycles. The van der Waals surface area contributed by atoms with Crippen molar-refractivity contribution in [1.29, 1.82) is 0 Å². The van der Waals surface area contributed by atoms with E-state index in [2.05, 4.69) is 15.0 Å². The van der Waals surface area contributed by atoms with Crippen LogP contribution in [0.25, 0.3) is 10.8 Å². The molecule has 2 aromatic carbocycles. The Morgan fingerprint density at radius 2 is 1.96 bits per heavy atom. The number of benzene rings is 2. The second-order valence-corrected chi connectivity index (χ2v) is 8.20. The van der Waals surface area contributed by atoms with Crippen molar-refractivity contribution in [3.05, 3.63) is 72.3 Å². The minimum absolute atomic E-state index is 0.229. The van der Waals surface area contributed by atoms with Gasteiger partial charge < -0.3 is 5.32 Å². The van der Waals surface area contributed by atoms with E-state index in [1.807, 2.05) is 6.07 Å². The third-order valence-electron chi connectivity index (χ3n) is 4.21. The van der Waals surface area contributed by atoms with Gasteiger partial charge in [0.1, 0.15) is 5.82 Å². The van der Waals surface area contributed by atoms with Gasteiger partial charge in [0.05, 0.1) is 4.90 Å². The highest BCUT2D eigenvalue weighted by molar-refractivity contribution is 7.89. The quantitative estimate of drug-likeness (QED) is 0.583. The molecule has 0 aliphatic rings. The molecule has 1 atom stereocenters. The van der Waals surface area contributed by atoms with Crippen molar-refractivity contribution in [2.75, 3.05) is 13.1 Å². The van der Waals surface area contributed by atoms with Crippen LogP contribution in [-0.4, -0.2) is 32.5 Å². The number of pyridine rings is 1. The molecule has 0 spiro atoms. The summed E-state index contributed by atoms with van der Waals surface area (Å²) in [5.74, 6) is -0.250. The van der Waals surface area contributed by atoms with E-state index in [9.17, 15) is 12.8 Å². The van der Waals surface area contributed by atoms with Gasteiger partial charge in [0.15, 0.2) is 0 Å². The molecule has 0 unspecified atom stereocenters. The van der Waals surface area contributed by atoms with E-state index in [-0.39, 0.29) is 16.8 Å². The zero-order valence-electron chi connectivity index (χ0n) is 15.0. The molecule has 2 N–H and O–H groups in total. The Balaban J connectivity index is 1.53. The van der Waals surface area contributed by atoms with Crippen LogP contribution < -0.4 is 10.0 Å². The second-order valence-electron chi connectivity index (χ2n) is 6.49. The summed E-state index contributed by atoms with van der Waals surface area (Å²) in [7, 11) is -3.61. The topological polar surface area (TPSA) is 71.1 Å². The number of hydrogen-bond donors (Lipinski definition) is 2. The number of aromatic nitrogens is 1. The number of sulfonamides is 1. The van der Waals surface area contributed by atoms with E-state index in [1.54, 1.807) is 49.6 Å². The van der Waals surface area contributed by atoms with Gasteiger partial charge in [-0.15, -0.1) is 0 Å². The lowest BCUT2D eigenvalue weighted by atomic mass is 10.1. The zero-order chi connectivity index (χ0) is 19.3. The molecule has 0 amide bonds. The smallest absolute Gasteiger partial charge is 0.240 e. The average molecular weight is 387 g/mol. The Hall–Kier alpha value is -2.35. The van der Waals surface area contributed by atoms with Crippen molar-refractivity contribution < 1.29 is 12.8 Å². The highest BCUT2D eigenvalue weighted by Crippen LogP contribution is 2.18. The number of hydrogen-bond acceptors (Lipinski definition) is 4. The van der Waals surface area contributed by atoms with Crippen LogP contribution in [0.4, 0.5) is 4.39 Å². The van der Waals surface area contributed by atoms with Crippen LogP contribution in [0.3, 0.4) is 0 Å². The van der Waals surface area contributed by atoms with Crippen LogP contribution in [0.2, 0.25) is 0 Å². The normalized spacial score (nSPS) is 13.0. The summed E-state index contributed by atoms with van der Waals surface area (Å²) in [4.78, 5) is 4.26. The third kappa shape index (κ3) is 5.32. The Labute approximate surface area is 158 Å². The monoisotopic (exact) mass is 387 g/mol. The van der Waals surface area contributed by atoms with E-state index < -0.39 is 10.0 Å². The average Bonchev–Trinajstić information content (AvgIpc) is 2.64. The van der Waals surface area contributed by atoms with Crippen LogP contribution in [0, 0.1) is 5.82 Å². The van der Waals surface area contributed by atoms with Crippen LogP contribution in [-0.2, 0) is 16.4 Å². The maximum Gasteiger partial charge on any atom is 0.240 e. The lowest BCUT2D eigenvalue weighted by molar-refractivity contribution is 0.537. The molecule has 3 aromatic rings. The maximum atomic E-state index is 13.1. The summed E-state index contributed by atoms with van der Waals surface area (Å²) in [5, 5.41) is 4.92. The predicted molar refractivity (Wildman–Crippen MR) is 105 cm³/mol. The fraction of sp³-hybridized carbons (Fsp3) is 0.250. The predicted octanol–water partition coefficient (Wildman–Crippen LogP) is 2.87. The molecular weight excluding hydrogens is 365 g/mol. The van der Waals surface area contributed by atoms with Crippen molar-refractivity contribution in [1.82, 2.24) is 15.0 Å². The summed E-state index contributed by atoms with van der Waals surface area (Å²) in [5.41, 5.74) is 0.904. The van der Waals surface area contributed by atoms with Gasteiger partial charge in [-0.3, -0.25) is 4.98 Å². The highest BCUT2D eigenvalue weighted by atomic mass is 32.2. The van der Waals surface area contributed by atoms with Crippen LogP contribution in [0.5, 0.6) is 0 Å². The van der Waals surface area contributed by atoms with Gasteiger partial charge in [-0.1, -0.05) is 18.2 Å². The molecule has 1 aromatic heterocycles. The first-order valence-corrected chi connectivity index (χ1v) is 10.2. The molecule has 27 heavy (non-hydrogen) atoms. The lowest BCUT2D eigenvalue weighted by Crippen LogP contribution is -2.40. The van der Waals surface area contributed by atoms with Crippen molar-refractivity contribution >= 4 is 20.8 Å². The maximum absolute atomic E-state index is 13.1. The Morgan fingerprint density at radius 1 is 1.11 bits per heavy atom. The number of rotatable bonds is 8. The van der Waals surface area contributed by atoms with E-state index in [1.165, 1.54) is 12.1 Å². The van der Waals surface area contributed by atoms with E-state index >= 15 is 0 Å². The number of halogens is 1. The first-order valence-electron chi connectivity index (χ1n) is 8.75. The van der Waals surface area contributed by atoms with Gasteiger partial charge in [-0.25, -0.2) is 17.5 Å². The molecule has 0 radical (unpaired) electrons. The van der Waals surface area contributed by atoms with Crippen molar-refractivity contribution in [3.8, 4) is 0 Å². The second kappa shape index (κ2) is 8.56. The number of fused-ring (bicyclic) bond motifs is 1. The summed E-state index contributed by atoms with van der Waals surface area (Å²) >= 11 is 0. The van der Waals surface area contributed by atoms with E-state index in [4.69, 9.17) is 0 Å². The van der Waals surface area contributed by atoms with Gasteiger partial charge in [0, 0.05) is 30.4 Å². The minimum atomic E-state index is -3.61. The molecule has 142 valence electrons. The Kier molecular flexibility index (Phi) is 6.15. The van der Waals surface area contributed by atoms with Crippen molar-refractivity contribution in [2.24, 2.45) is 0 Å². The molecule has 1 heterocycles. The van der Waals surface area contributed by atoms with Gasteiger partial charge >= 0.3 is 0 Å². The van der Waals surface area contributed by atoms with E-state index in [0.29, 0.717) is 19.5 Å². The summed E-state index contributed by atoms with van der Waals surface area (Å²) in [6.07, 6.45) is 4.01. The van der Waals surface area contributed by atoms with Gasteiger partial charge in [0.2, 0.25) is 10.0 Å². The van der Waals surface area contributed by atoms with Crippen LogP contribution in [0.15, 0.2) is 65.8 Å². The standard InChI is InChI=1S/C20H22FN3O2S/c1-15(13-22-9-7-16-3-2-4-19(21)11-16)24-27(25,26)20-6-5-18-14-23-10-8-17(18)12-20/h2-6,8,10-12,14-15,22,24H,7,9,13H2,1H3/t15-/m1/s1. The fourth-order valence-corrected chi connectivity index (χ4v) is 4.13. The molecule has 7 heteroatoms. The third-order valence-corrected chi connectivity index (χ3v) is 5.80. The van der Waals surface area contributed by atoms with Crippen molar-refractivity contribution in [3.63, 3.8) is 0 Å². The lowest BCUT2D eigenvalue weighted by Gasteiger charge is -2.15. The Bertz CT molecular complexity index is 1020. The Morgan fingerprint density at radius 3 is 2.78 bits per heavy atom. The minimum Gasteiger partial charge on any atom is -0.315 e.